The number of aromatic nitrogens is 1. The van der Waals surface area contributed by atoms with Crippen LogP contribution in [-0.2, 0) is 0 Å². The Bertz CT molecular complexity index is 469. The fourth-order valence-electron chi connectivity index (χ4n) is 2.34. The number of pyridine rings is 1. The standard InChI is InChI=1S/C13H18ClN3OS/c1-2-19-10-4-3-9(6-10)17-13(18)11-5-8(15)7-16-12(11)14/h5,7,9-10H,2-4,6,15H2,1H3,(H,17,18). The first-order valence-electron chi connectivity index (χ1n) is 6.43. The van der Waals surface area contributed by atoms with Gasteiger partial charge in [0, 0.05) is 11.3 Å². The van der Waals surface area contributed by atoms with Crippen LogP contribution in [0.1, 0.15) is 36.5 Å². The van der Waals surface area contributed by atoms with Crippen molar-refractivity contribution in [2.24, 2.45) is 0 Å². The van der Waals surface area contributed by atoms with Crippen molar-refractivity contribution >= 4 is 35.0 Å². The summed E-state index contributed by atoms with van der Waals surface area (Å²) in [5.41, 5.74) is 6.43. The summed E-state index contributed by atoms with van der Waals surface area (Å²) in [5, 5.41) is 3.87. The number of thioether (sulfide) groups is 1. The molecule has 1 heterocycles. The monoisotopic (exact) mass is 299 g/mol. The number of carbonyl (C=O) groups is 1. The molecule has 19 heavy (non-hydrogen) atoms. The lowest BCUT2D eigenvalue weighted by Gasteiger charge is -2.13. The van der Waals surface area contributed by atoms with Crippen molar-refractivity contribution < 1.29 is 4.79 Å². The second-order valence-corrected chi connectivity index (χ2v) is 6.60. The van der Waals surface area contributed by atoms with E-state index in [1.807, 2.05) is 11.8 Å². The predicted molar refractivity (Wildman–Crippen MR) is 80.7 cm³/mol. The number of nitrogens with two attached hydrogens (primary N) is 1. The molecule has 1 aromatic heterocycles. The maximum absolute atomic E-state index is 12.1. The van der Waals surface area contributed by atoms with E-state index in [0.29, 0.717) is 16.5 Å². The van der Waals surface area contributed by atoms with E-state index in [2.05, 4.69) is 17.2 Å². The van der Waals surface area contributed by atoms with Crippen LogP contribution < -0.4 is 11.1 Å². The zero-order valence-corrected chi connectivity index (χ0v) is 12.4. The molecule has 1 amide bonds. The molecule has 0 aromatic carbocycles. The number of halogens is 1. The SMILES string of the molecule is CCSC1CCC(NC(=O)c2cc(N)cnc2Cl)C1. The molecule has 2 rings (SSSR count). The van der Waals surface area contributed by atoms with E-state index in [9.17, 15) is 4.79 Å². The second-order valence-electron chi connectivity index (χ2n) is 4.67. The van der Waals surface area contributed by atoms with Crippen LogP contribution in [0.3, 0.4) is 0 Å². The van der Waals surface area contributed by atoms with E-state index in [-0.39, 0.29) is 17.1 Å². The van der Waals surface area contributed by atoms with Crippen molar-refractivity contribution in [1.82, 2.24) is 10.3 Å². The number of nitrogen functional groups attached to an aromatic ring is 1. The van der Waals surface area contributed by atoms with Gasteiger partial charge in [0.2, 0.25) is 0 Å². The molecule has 3 N–H and O–H groups in total. The lowest BCUT2D eigenvalue weighted by molar-refractivity contribution is 0.0938. The predicted octanol–water partition coefficient (Wildman–Crippen LogP) is 2.72. The highest BCUT2D eigenvalue weighted by Gasteiger charge is 2.26. The Hall–Kier alpha value is -0.940. The molecule has 104 valence electrons. The van der Waals surface area contributed by atoms with Crippen LogP contribution in [0.25, 0.3) is 0 Å². The fourth-order valence-corrected chi connectivity index (χ4v) is 3.68. The minimum absolute atomic E-state index is 0.183. The van der Waals surface area contributed by atoms with Gasteiger partial charge in [-0.3, -0.25) is 4.79 Å². The molecule has 1 saturated carbocycles. The molecule has 0 aliphatic heterocycles. The van der Waals surface area contributed by atoms with Gasteiger partial charge in [0.25, 0.3) is 5.91 Å². The molecule has 0 bridgehead atoms. The van der Waals surface area contributed by atoms with Crippen LogP contribution in [0.5, 0.6) is 0 Å². The molecule has 4 nitrogen and oxygen atoms in total. The van der Waals surface area contributed by atoms with Crippen molar-refractivity contribution in [3.8, 4) is 0 Å². The lowest BCUT2D eigenvalue weighted by atomic mass is 10.2. The second kappa shape index (κ2) is 6.48. The van der Waals surface area contributed by atoms with Crippen LogP contribution in [-0.4, -0.2) is 27.9 Å². The summed E-state index contributed by atoms with van der Waals surface area (Å²) in [4.78, 5) is 16.0. The Kier molecular flexibility index (Phi) is 4.93. The van der Waals surface area contributed by atoms with E-state index in [0.717, 1.165) is 25.0 Å². The first kappa shape index (κ1) is 14.5. The van der Waals surface area contributed by atoms with Gasteiger partial charge >= 0.3 is 0 Å². The normalized spacial score (nSPS) is 22.4. The average molecular weight is 300 g/mol. The number of hydrogen-bond acceptors (Lipinski definition) is 4. The van der Waals surface area contributed by atoms with E-state index < -0.39 is 0 Å². The summed E-state index contributed by atoms with van der Waals surface area (Å²) >= 11 is 7.88. The Labute approximate surface area is 122 Å². The summed E-state index contributed by atoms with van der Waals surface area (Å²) in [6.07, 6.45) is 4.66. The highest BCUT2D eigenvalue weighted by atomic mass is 35.5. The number of hydrogen-bond donors (Lipinski definition) is 2. The Morgan fingerprint density at radius 3 is 3.16 bits per heavy atom. The molecular weight excluding hydrogens is 282 g/mol. The van der Waals surface area contributed by atoms with Crippen LogP contribution in [0.15, 0.2) is 12.3 Å². The number of nitrogens with one attached hydrogen (secondary N) is 1. The third-order valence-electron chi connectivity index (χ3n) is 3.23. The summed E-state index contributed by atoms with van der Waals surface area (Å²) in [6.45, 7) is 2.16. The van der Waals surface area contributed by atoms with Gasteiger partial charge in [0.1, 0.15) is 5.15 Å². The molecule has 1 aliphatic rings. The highest BCUT2D eigenvalue weighted by molar-refractivity contribution is 7.99. The molecule has 1 fully saturated rings. The van der Waals surface area contributed by atoms with E-state index >= 15 is 0 Å². The Morgan fingerprint density at radius 1 is 1.63 bits per heavy atom. The number of nitrogens with zero attached hydrogens (tertiary/aromatic N) is 1. The summed E-state index contributed by atoms with van der Waals surface area (Å²) in [6, 6.07) is 1.80. The summed E-state index contributed by atoms with van der Waals surface area (Å²) < 4.78 is 0. The van der Waals surface area contributed by atoms with Crippen molar-refractivity contribution in [2.75, 3.05) is 11.5 Å². The fraction of sp³-hybridized carbons (Fsp3) is 0.538. The third kappa shape index (κ3) is 3.76. The maximum atomic E-state index is 12.1. The molecule has 6 heteroatoms. The van der Waals surface area contributed by atoms with Gasteiger partial charge in [-0.05, 0) is 31.1 Å². The molecular formula is C13H18ClN3OS. The zero-order chi connectivity index (χ0) is 13.8. The number of carbonyl (C=O) groups excluding carboxylic acids is 1. The molecule has 0 spiro atoms. The maximum Gasteiger partial charge on any atom is 0.254 e. The van der Waals surface area contributed by atoms with Gasteiger partial charge in [-0.1, -0.05) is 18.5 Å². The topological polar surface area (TPSA) is 68.0 Å². The van der Waals surface area contributed by atoms with Crippen molar-refractivity contribution in [3.05, 3.63) is 23.0 Å². The minimum atomic E-state index is -0.183. The summed E-state index contributed by atoms with van der Waals surface area (Å²) in [5.74, 6) is 0.938. The van der Waals surface area contributed by atoms with Crippen LogP contribution in [0, 0.1) is 0 Å². The van der Waals surface area contributed by atoms with Crippen molar-refractivity contribution in [3.63, 3.8) is 0 Å². The van der Waals surface area contributed by atoms with E-state index in [1.54, 1.807) is 6.07 Å². The molecule has 2 atom stereocenters. The smallest absolute Gasteiger partial charge is 0.254 e. The summed E-state index contributed by atoms with van der Waals surface area (Å²) in [7, 11) is 0. The van der Waals surface area contributed by atoms with Gasteiger partial charge in [-0.2, -0.15) is 11.8 Å². The van der Waals surface area contributed by atoms with Gasteiger partial charge in [0.05, 0.1) is 17.4 Å². The van der Waals surface area contributed by atoms with Crippen LogP contribution in [0.2, 0.25) is 5.15 Å². The van der Waals surface area contributed by atoms with Gasteiger partial charge < -0.3 is 11.1 Å². The molecule has 0 radical (unpaired) electrons. The highest BCUT2D eigenvalue weighted by Crippen LogP contribution is 2.30. The van der Waals surface area contributed by atoms with Gasteiger partial charge in [-0.15, -0.1) is 0 Å². The molecule has 1 aromatic rings. The number of anilines is 1. The zero-order valence-electron chi connectivity index (χ0n) is 10.9. The first-order chi connectivity index (χ1) is 9.10. The third-order valence-corrected chi connectivity index (χ3v) is 4.76. The molecule has 1 aliphatic carbocycles. The van der Waals surface area contributed by atoms with Crippen molar-refractivity contribution in [2.45, 2.75) is 37.5 Å². The van der Waals surface area contributed by atoms with Gasteiger partial charge in [-0.25, -0.2) is 4.98 Å². The largest absolute Gasteiger partial charge is 0.397 e. The number of rotatable bonds is 4. The van der Waals surface area contributed by atoms with E-state index in [1.165, 1.54) is 6.20 Å². The van der Waals surface area contributed by atoms with E-state index in [4.69, 9.17) is 17.3 Å². The lowest BCUT2D eigenvalue weighted by Crippen LogP contribution is -2.33. The molecule has 0 saturated heterocycles. The Morgan fingerprint density at radius 2 is 2.42 bits per heavy atom. The molecule has 2 unspecified atom stereocenters. The van der Waals surface area contributed by atoms with Crippen molar-refractivity contribution in [1.29, 1.82) is 0 Å². The van der Waals surface area contributed by atoms with Gasteiger partial charge in [0.15, 0.2) is 0 Å². The quantitative estimate of drug-likeness (QED) is 0.839. The average Bonchev–Trinajstić information content (AvgIpc) is 2.80. The first-order valence-corrected chi connectivity index (χ1v) is 7.86. The van der Waals surface area contributed by atoms with Crippen LogP contribution in [0.4, 0.5) is 5.69 Å². The minimum Gasteiger partial charge on any atom is -0.397 e. The Balaban J connectivity index is 1.96. The van der Waals surface area contributed by atoms with Crippen LogP contribution >= 0.6 is 23.4 Å². The number of amides is 1.